The van der Waals surface area contributed by atoms with Crippen LogP contribution in [0.2, 0.25) is 0 Å². The van der Waals surface area contributed by atoms with Crippen molar-refractivity contribution in [1.29, 1.82) is 0 Å². The zero-order valence-corrected chi connectivity index (χ0v) is 15.2. The molecule has 0 aromatic heterocycles. The first-order valence-corrected chi connectivity index (χ1v) is 8.88. The van der Waals surface area contributed by atoms with Gasteiger partial charge in [-0.15, -0.1) is 0 Å². The van der Waals surface area contributed by atoms with Gasteiger partial charge in [0.15, 0.2) is 0 Å². The fraction of sp³-hybridized carbons (Fsp3) is 1.00. The fourth-order valence-electron chi connectivity index (χ4n) is 3.90. The summed E-state index contributed by atoms with van der Waals surface area (Å²) in [5, 5.41) is 3.75. The lowest BCUT2D eigenvalue weighted by Crippen LogP contribution is -2.43. The van der Waals surface area contributed by atoms with Crippen LogP contribution < -0.4 is 5.32 Å². The summed E-state index contributed by atoms with van der Waals surface area (Å²) in [6, 6.07) is 0. The molecule has 0 aliphatic heterocycles. The minimum Gasteiger partial charge on any atom is -0.312 e. The molecule has 1 N–H and O–H groups in total. The van der Waals surface area contributed by atoms with Gasteiger partial charge in [0.05, 0.1) is 0 Å². The van der Waals surface area contributed by atoms with Crippen LogP contribution >= 0.6 is 0 Å². The third-order valence-corrected chi connectivity index (χ3v) is 5.05. The summed E-state index contributed by atoms with van der Waals surface area (Å²) in [6.07, 6.45) is 8.42. The van der Waals surface area contributed by atoms with Gasteiger partial charge in [-0.2, -0.15) is 0 Å². The Labute approximate surface area is 128 Å². The molecule has 0 bridgehead atoms. The lowest BCUT2D eigenvalue weighted by molar-refractivity contribution is 0.0935. The maximum atomic E-state index is 3.75. The van der Waals surface area contributed by atoms with E-state index in [0.717, 1.165) is 17.8 Å². The second kappa shape index (κ2) is 7.29. The van der Waals surface area contributed by atoms with Crippen LogP contribution in [0.15, 0.2) is 0 Å². The van der Waals surface area contributed by atoms with Crippen LogP contribution in [0.1, 0.15) is 87.0 Å². The topological polar surface area (TPSA) is 12.0 Å². The van der Waals surface area contributed by atoms with E-state index >= 15 is 0 Å². The molecule has 1 heteroatoms. The zero-order chi connectivity index (χ0) is 15.4. The van der Waals surface area contributed by atoms with Crippen LogP contribution in [0.25, 0.3) is 0 Å². The molecule has 1 aliphatic rings. The maximum Gasteiger partial charge on any atom is 0.00966 e. The van der Waals surface area contributed by atoms with E-state index in [1.54, 1.807) is 0 Å². The Hall–Kier alpha value is -0.0400. The highest BCUT2D eigenvalue weighted by atomic mass is 14.9. The summed E-state index contributed by atoms with van der Waals surface area (Å²) in [5.41, 5.74) is 0.821. The van der Waals surface area contributed by atoms with E-state index in [1.165, 1.54) is 45.1 Å². The molecule has 20 heavy (non-hydrogen) atoms. The molecule has 120 valence electrons. The molecule has 0 aromatic rings. The summed E-state index contributed by atoms with van der Waals surface area (Å²) >= 11 is 0. The highest BCUT2D eigenvalue weighted by Gasteiger charge is 2.35. The van der Waals surface area contributed by atoms with Gasteiger partial charge < -0.3 is 5.32 Å². The van der Waals surface area contributed by atoms with E-state index in [4.69, 9.17) is 0 Å². The smallest absolute Gasteiger partial charge is 0.00966 e. The Morgan fingerprint density at radius 2 is 1.85 bits per heavy atom. The minimum absolute atomic E-state index is 0.256. The number of hydrogen-bond donors (Lipinski definition) is 1. The van der Waals surface area contributed by atoms with Gasteiger partial charge >= 0.3 is 0 Å². The van der Waals surface area contributed by atoms with Gasteiger partial charge in [0.2, 0.25) is 0 Å². The SMILES string of the molecule is CCCC(C)CC1CC(C)(C)CCC1CNC(C)(C)C. The van der Waals surface area contributed by atoms with E-state index < -0.39 is 0 Å². The molecular weight excluding hydrogens is 242 g/mol. The van der Waals surface area contributed by atoms with Crippen LogP contribution in [0.3, 0.4) is 0 Å². The first kappa shape index (κ1) is 18.0. The van der Waals surface area contributed by atoms with Gasteiger partial charge in [-0.1, -0.05) is 40.5 Å². The van der Waals surface area contributed by atoms with Gasteiger partial charge in [0, 0.05) is 5.54 Å². The largest absolute Gasteiger partial charge is 0.312 e. The maximum absolute atomic E-state index is 3.75. The number of hydrogen-bond acceptors (Lipinski definition) is 1. The Kier molecular flexibility index (Phi) is 6.57. The molecule has 3 unspecified atom stereocenters. The van der Waals surface area contributed by atoms with Crippen molar-refractivity contribution in [1.82, 2.24) is 5.32 Å². The summed E-state index contributed by atoms with van der Waals surface area (Å²) in [6.45, 7) is 17.8. The molecule has 1 fully saturated rings. The normalized spacial score (nSPS) is 28.4. The van der Waals surface area contributed by atoms with E-state index in [0.29, 0.717) is 5.41 Å². The molecule has 0 amide bonds. The van der Waals surface area contributed by atoms with Crippen LogP contribution in [0, 0.1) is 23.2 Å². The van der Waals surface area contributed by atoms with E-state index in [2.05, 4.69) is 53.8 Å². The van der Waals surface area contributed by atoms with Crippen LogP contribution in [-0.4, -0.2) is 12.1 Å². The first-order valence-electron chi connectivity index (χ1n) is 8.88. The molecule has 0 spiro atoms. The standard InChI is InChI=1S/C19H39N/c1-8-9-15(2)12-17-13-19(6,7)11-10-16(17)14-20-18(3,4)5/h15-17,20H,8-14H2,1-7H3. The molecule has 1 rings (SSSR count). The second-order valence-corrected chi connectivity index (χ2v) is 9.19. The monoisotopic (exact) mass is 281 g/mol. The highest BCUT2D eigenvalue weighted by Crippen LogP contribution is 2.44. The lowest BCUT2D eigenvalue weighted by atomic mass is 9.65. The van der Waals surface area contributed by atoms with Crippen LogP contribution in [0.5, 0.6) is 0 Å². The predicted octanol–water partition coefficient (Wildman–Crippen LogP) is 5.64. The summed E-state index contributed by atoms with van der Waals surface area (Å²) in [4.78, 5) is 0. The molecule has 0 heterocycles. The zero-order valence-electron chi connectivity index (χ0n) is 15.2. The lowest BCUT2D eigenvalue weighted by Gasteiger charge is -2.43. The molecule has 1 nitrogen and oxygen atoms in total. The molecule has 0 saturated heterocycles. The van der Waals surface area contributed by atoms with Crippen molar-refractivity contribution in [3.8, 4) is 0 Å². The van der Waals surface area contributed by atoms with Crippen molar-refractivity contribution in [3.05, 3.63) is 0 Å². The van der Waals surface area contributed by atoms with Crippen molar-refractivity contribution in [3.63, 3.8) is 0 Å². The van der Waals surface area contributed by atoms with Gasteiger partial charge in [-0.25, -0.2) is 0 Å². The second-order valence-electron chi connectivity index (χ2n) is 9.19. The number of nitrogens with one attached hydrogen (secondary N) is 1. The van der Waals surface area contributed by atoms with Crippen molar-refractivity contribution >= 4 is 0 Å². The van der Waals surface area contributed by atoms with Crippen molar-refractivity contribution in [2.24, 2.45) is 23.2 Å². The van der Waals surface area contributed by atoms with E-state index in [-0.39, 0.29) is 5.54 Å². The molecule has 3 atom stereocenters. The third kappa shape index (κ3) is 6.61. The minimum atomic E-state index is 0.256. The van der Waals surface area contributed by atoms with Gasteiger partial charge in [0.25, 0.3) is 0 Å². The Balaban J connectivity index is 2.60. The first-order chi connectivity index (χ1) is 9.13. The Bertz CT molecular complexity index is 274. The van der Waals surface area contributed by atoms with E-state index in [1.807, 2.05) is 0 Å². The third-order valence-electron chi connectivity index (χ3n) is 5.05. The molecule has 0 aromatic carbocycles. The van der Waals surface area contributed by atoms with Crippen molar-refractivity contribution in [2.45, 2.75) is 92.5 Å². The molecule has 0 radical (unpaired) electrons. The molecule has 1 saturated carbocycles. The summed E-state index contributed by atoms with van der Waals surface area (Å²) in [7, 11) is 0. The van der Waals surface area contributed by atoms with Crippen molar-refractivity contribution in [2.75, 3.05) is 6.54 Å². The average Bonchev–Trinajstić information content (AvgIpc) is 2.25. The van der Waals surface area contributed by atoms with Crippen LogP contribution in [-0.2, 0) is 0 Å². The van der Waals surface area contributed by atoms with Gasteiger partial charge in [0.1, 0.15) is 0 Å². The quantitative estimate of drug-likeness (QED) is 0.664. The highest BCUT2D eigenvalue weighted by molar-refractivity contribution is 4.88. The predicted molar refractivity (Wildman–Crippen MR) is 91.1 cm³/mol. The van der Waals surface area contributed by atoms with E-state index in [9.17, 15) is 0 Å². The van der Waals surface area contributed by atoms with Gasteiger partial charge in [-0.05, 0) is 76.2 Å². The summed E-state index contributed by atoms with van der Waals surface area (Å²) < 4.78 is 0. The Morgan fingerprint density at radius 1 is 1.20 bits per heavy atom. The van der Waals surface area contributed by atoms with Crippen molar-refractivity contribution < 1.29 is 0 Å². The van der Waals surface area contributed by atoms with Gasteiger partial charge in [-0.3, -0.25) is 0 Å². The molecular formula is C19H39N. The average molecular weight is 282 g/mol. The van der Waals surface area contributed by atoms with Crippen LogP contribution in [0.4, 0.5) is 0 Å². The number of rotatable bonds is 6. The molecule has 1 aliphatic carbocycles. The Morgan fingerprint density at radius 3 is 2.40 bits per heavy atom. The fourth-order valence-corrected chi connectivity index (χ4v) is 3.90. The summed E-state index contributed by atoms with van der Waals surface area (Å²) in [5.74, 6) is 2.72.